The lowest BCUT2D eigenvalue weighted by molar-refractivity contribution is 0.263. The van der Waals surface area contributed by atoms with Crippen LogP contribution in [0.3, 0.4) is 0 Å². The Morgan fingerprint density at radius 1 is 1.35 bits per heavy atom. The number of hydrogen-bond acceptors (Lipinski definition) is 2. The maximum absolute atomic E-state index is 12.5. The molecule has 0 saturated carbocycles. The topological polar surface area (TPSA) is 40.6 Å². The summed E-state index contributed by atoms with van der Waals surface area (Å²) in [5.74, 6) is 0.433. The summed E-state index contributed by atoms with van der Waals surface area (Å²) < 4.78 is 28.1. The minimum Gasteiger partial charge on any atom is -0.195 e. The van der Waals surface area contributed by atoms with Crippen molar-refractivity contribution < 1.29 is 8.42 Å². The van der Waals surface area contributed by atoms with Crippen molar-refractivity contribution in [3.05, 3.63) is 34.9 Å². The zero-order chi connectivity index (χ0) is 14.8. The van der Waals surface area contributed by atoms with Crippen LogP contribution in [0.2, 0.25) is 5.02 Å². The Hall–Kier alpha value is -0.620. The van der Waals surface area contributed by atoms with Gasteiger partial charge in [0, 0.05) is 31.7 Å². The highest BCUT2D eigenvalue weighted by atomic mass is 35.5. The summed E-state index contributed by atoms with van der Waals surface area (Å²) in [5.41, 5.74) is 0.936. The van der Waals surface area contributed by atoms with Gasteiger partial charge in [0.05, 0.1) is 0 Å². The average molecular weight is 317 g/mol. The van der Waals surface area contributed by atoms with E-state index in [4.69, 9.17) is 11.6 Å². The van der Waals surface area contributed by atoms with Gasteiger partial charge >= 0.3 is 0 Å². The first kappa shape index (κ1) is 15.8. The molecule has 0 N–H and O–H groups in total. The van der Waals surface area contributed by atoms with E-state index in [-0.39, 0.29) is 0 Å². The summed E-state index contributed by atoms with van der Waals surface area (Å²) in [7, 11) is -1.74. The van der Waals surface area contributed by atoms with Gasteiger partial charge in [-0.05, 0) is 36.5 Å². The van der Waals surface area contributed by atoms with Gasteiger partial charge in [-0.25, -0.2) is 0 Å². The number of benzene rings is 1. The van der Waals surface area contributed by atoms with E-state index in [0.29, 0.717) is 30.6 Å². The van der Waals surface area contributed by atoms with Gasteiger partial charge in [0.1, 0.15) is 0 Å². The fraction of sp³-hybridized carbons (Fsp3) is 0.571. The van der Waals surface area contributed by atoms with Gasteiger partial charge in [-0.1, -0.05) is 30.7 Å². The van der Waals surface area contributed by atoms with E-state index in [0.717, 1.165) is 18.4 Å². The zero-order valence-corrected chi connectivity index (χ0v) is 13.5. The van der Waals surface area contributed by atoms with Crippen molar-refractivity contribution in [1.82, 2.24) is 8.61 Å². The van der Waals surface area contributed by atoms with E-state index in [9.17, 15) is 8.42 Å². The first-order valence-electron chi connectivity index (χ1n) is 6.85. The first-order chi connectivity index (χ1) is 9.39. The molecule has 0 amide bonds. The van der Waals surface area contributed by atoms with Crippen LogP contribution in [0.15, 0.2) is 24.3 Å². The highest BCUT2D eigenvalue weighted by Crippen LogP contribution is 2.21. The molecule has 1 atom stereocenters. The van der Waals surface area contributed by atoms with Gasteiger partial charge in [-0.3, -0.25) is 0 Å². The predicted molar refractivity (Wildman–Crippen MR) is 81.8 cm³/mol. The molecule has 0 aliphatic carbocycles. The Labute approximate surface area is 126 Å². The lowest BCUT2D eigenvalue weighted by atomic mass is 10.0. The van der Waals surface area contributed by atoms with Gasteiger partial charge in [0.2, 0.25) is 0 Å². The molecule has 6 heteroatoms. The molecule has 1 unspecified atom stereocenters. The van der Waals surface area contributed by atoms with E-state index in [1.165, 1.54) is 4.31 Å². The molecule has 1 saturated heterocycles. The largest absolute Gasteiger partial charge is 0.282 e. The van der Waals surface area contributed by atoms with E-state index < -0.39 is 10.2 Å². The highest BCUT2D eigenvalue weighted by molar-refractivity contribution is 7.86. The van der Waals surface area contributed by atoms with Crippen molar-refractivity contribution in [3.8, 4) is 0 Å². The summed E-state index contributed by atoms with van der Waals surface area (Å²) in [4.78, 5) is 0. The Morgan fingerprint density at radius 2 is 2.00 bits per heavy atom. The lowest BCUT2D eigenvalue weighted by Crippen LogP contribution is -2.45. The second-order valence-corrected chi connectivity index (χ2v) is 7.97. The predicted octanol–water partition coefficient (Wildman–Crippen LogP) is 2.75. The van der Waals surface area contributed by atoms with Crippen molar-refractivity contribution in [1.29, 1.82) is 0 Å². The molecule has 1 fully saturated rings. The quantitative estimate of drug-likeness (QED) is 0.857. The molecule has 1 aromatic rings. The summed E-state index contributed by atoms with van der Waals surface area (Å²) >= 11 is 5.84. The minimum atomic E-state index is -3.37. The van der Waals surface area contributed by atoms with E-state index >= 15 is 0 Å². The summed E-state index contributed by atoms with van der Waals surface area (Å²) in [6.45, 7) is 3.70. The van der Waals surface area contributed by atoms with Gasteiger partial charge in [-0.2, -0.15) is 17.0 Å². The van der Waals surface area contributed by atoms with Crippen molar-refractivity contribution in [2.24, 2.45) is 5.92 Å². The van der Waals surface area contributed by atoms with Crippen LogP contribution in [0.5, 0.6) is 0 Å². The van der Waals surface area contributed by atoms with Crippen LogP contribution in [0, 0.1) is 5.92 Å². The molecule has 0 aromatic heterocycles. The number of piperidine rings is 1. The Morgan fingerprint density at radius 3 is 2.60 bits per heavy atom. The monoisotopic (exact) mass is 316 g/mol. The number of hydrogen-bond donors (Lipinski definition) is 0. The molecule has 1 aliphatic rings. The van der Waals surface area contributed by atoms with Gasteiger partial charge in [-0.15, -0.1) is 0 Å². The maximum Gasteiger partial charge on any atom is 0.282 e. The molecule has 0 radical (unpaired) electrons. The molecule has 4 nitrogen and oxygen atoms in total. The summed E-state index contributed by atoms with van der Waals surface area (Å²) in [6, 6.07) is 7.26. The SMILES string of the molecule is CC1CCCN(S(=O)(=O)N(C)Cc2ccc(Cl)cc2)C1. The third-order valence-corrected chi connectivity index (χ3v) is 5.81. The van der Waals surface area contributed by atoms with Crippen LogP contribution < -0.4 is 0 Å². The molecular weight excluding hydrogens is 296 g/mol. The highest BCUT2D eigenvalue weighted by Gasteiger charge is 2.30. The standard InChI is InChI=1S/C14H21ClN2O2S/c1-12-4-3-9-17(10-12)20(18,19)16(2)11-13-5-7-14(15)8-6-13/h5-8,12H,3-4,9-11H2,1-2H3. The van der Waals surface area contributed by atoms with Crippen LogP contribution in [-0.4, -0.2) is 37.2 Å². The molecule has 1 aromatic carbocycles. The molecule has 2 rings (SSSR count). The second kappa shape index (κ2) is 6.43. The number of halogens is 1. The van der Waals surface area contributed by atoms with E-state index in [2.05, 4.69) is 6.92 Å². The Kier molecular flexibility index (Phi) is 5.07. The third-order valence-electron chi connectivity index (χ3n) is 3.66. The van der Waals surface area contributed by atoms with Crippen LogP contribution in [-0.2, 0) is 16.8 Å². The van der Waals surface area contributed by atoms with Crippen molar-refractivity contribution in [2.45, 2.75) is 26.3 Å². The first-order valence-corrected chi connectivity index (χ1v) is 8.63. The number of rotatable bonds is 4. The van der Waals surface area contributed by atoms with Crippen molar-refractivity contribution in [3.63, 3.8) is 0 Å². The van der Waals surface area contributed by atoms with Crippen molar-refractivity contribution >= 4 is 21.8 Å². The molecule has 20 heavy (non-hydrogen) atoms. The number of nitrogens with zero attached hydrogens (tertiary/aromatic N) is 2. The summed E-state index contributed by atoms with van der Waals surface area (Å²) in [6.07, 6.45) is 2.04. The zero-order valence-electron chi connectivity index (χ0n) is 11.9. The molecule has 112 valence electrons. The van der Waals surface area contributed by atoms with E-state index in [1.807, 2.05) is 12.1 Å². The Bertz CT molecular complexity index is 545. The van der Waals surface area contributed by atoms with Gasteiger partial charge in [0.25, 0.3) is 10.2 Å². The fourth-order valence-electron chi connectivity index (χ4n) is 2.48. The summed E-state index contributed by atoms with van der Waals surface area (Å²) in [5, 5.41) is 0.657. The van der Waals surface area contributed by atoms with Crippen LogP contribution in [0.25, 0.3) is 0 Å². The van der Waals surface area contributed by atoms with E-state index in [1.54, 1.807) is 23.5 Å². The molecular formula is C14H21ClN2O2S. The second-order valence-electron chi connectivity index (χ2n) is 5.50. The lowest BCUT2D eigenvalue weighted by Gasteiger charge is -2.33. The van der Waals surface area contributed by atoms with Gasteiger partial charge < -0.3 is 0 Å². The normalized spacial score (nSPS) is 21.3. The van der Waals surface area contributed by atoms with Crippen LogP contribution in [0.4, 0.5) is 0 Å². The molecule has 1 aliphatic heterocycles. The molecule has 0 spiro atoms. The minimum absolute atomic E-state index is 0.365. The molecule has 1 heterocycles. The average Bonchev–Trinajstić information content (AvgIpc) is 2.41. The smallest absolute Gasteiger partial charge is 0.195 e. The van der Waals surface area contributed by atoms with Crippen molar-refractivity contribution in [2.75, 3.05) is 20.1 Å². The third kappa shape index (κ3) is 3.73. The molecule has 0 bridgehead atoms. The Balaban J connectivity index is 2.06. The maximum atomic E-state index is 12.5. The van der Waals surface area contributed by atoms with Gasteiger partial charge in [0.15, 0.2) is 0 Å². The fourth-order valence-corrected chi connectivity index (χ4v) is 4.12. The van der Waals surface area contributed by atoms with Crippen LogP contribution in [0.1, 0.15) is 25.3 Å². The van der Waals surface area contributed by atoms with Crippen LogP contribution >= 0.6 is 11.6 Å².